The van der Waals surface area contributed by atoms with Gasteiger partial charge in [-0.05, 0) is 18.6 Å². The first-order valence-electron chi connectivity index (χ1n) is 6.34. The zero-order valence-electron chi connectivity index (χ0n) is 10.5. The molecule has 0 N–H and O–H groups in total. The van der Waals surface area contributed by atoms with Gasteiger partial charge in [0.25, 0.3) is 0 Å². The third-order valence-corrected chi connectivity index (χ3v) is 3.34. The van der Waals surface area contributed by atoms with E-state index in [-0.39, 0.29) is 11.8 Å². The molecule has 18 heavy (non-hydrogen) atoms. The molecule has 1 unspecified atom stereocenters. The van der Waals surface area contributed by atoms with E-state index >= 15 is 0 Å². The molecule has 0 radical (unpaired) electrons. The van der Waals surface area contributed by atoms with E-state index in [0.717, 1.165) is 18.9 Å². The van der Waals surface area contributed by atoms with Crippen LogP contribution in [0.3, 0.4) is 0 Å². The van der Waals surface area contributed by atoms with E-state index in [2.05, 4.69) is 0 Å². The number of Topliss-reactive ketones (excluding diaryl/α,β-unsaturated/α-hetero) is 1. The molecular formula is C14H17F2NO. The van der Waals surface area contributed by atoms with Gasteiger partial charge < -0.3 is 4.90 Å². The predicted octanol–water partition coefficient (Wildman–Crippen LogP) is 3.30. The lowest BCUT2D eigenvalue weighted by Crippen LogP contribution is -2.43. The fourth-order valence-corrected chi connectivity index (χ4v) is 2.54. The molecule has 2 rings (SSSR count). The normalized spacial score (nSPS) is 20.3. The molecular weight excluding hydrogens is 236 g/mol. The van der Waals surface area contributed by atoms with Crippen LogP contribution in [0.1, 0.15) is 32.6 Å². The molecule has 0 amide bonds. The van der Waals surface area contributed by atoms with Gasteiger partial charge >= 0.3 is 0 Å². The fourth-order valence-electron chi connectivity index (χ4n) is 2.54. The number of hydrogen-bond acceptors (Lipinski definition) is 2. The van der Waals surface area contributed by atoms with Crippen molar-refractivity contribution in [2.24, 2.45) is 0 Å². The van der Waals surface area contributed by atoms with Gasteiger partial charge in [-0.1, -0.05) is 13.3 Å². The highest BCUT2D eigenvalue weighted by Crippen LogP contribution is 2.27. The van der Waals surface area contributed by atoms with Crippen LogP contribution in [0.15, 0.2) is 18.2 Å². The number of carbonyl (C=O) groups excluding carboxylic acids is 1. The average molecular weight is 253 g/mol. The molecule has 1 aliphatic rings. The molecule has 1 aliphatic heterocycles. The van der Waals surface area contributed by atoms with Crippen molar-refractivity contribution in [3.63, 3.8) is 0 Å². The van der Waals surface area contributed by atoms with Crippen LogP contribution in [-0.2, 0) is 4.79 Å². The van der Waals surface area contributed by atoms with E-state index in [4.69, 9.17) is 0 Å². The largest absolute Gasteiger partial charge is 0.367 e. The smallest absolute Gasteiger partial charge is 0.136 e. The van der Waals surface area contributed by atoms with Gasteiger partial charge in [0.1, 0.15) is 17.4 Å². The summed E-state index contributed by atoms with van der Waals surface area (Å²) >= 11 is 0. The van der Waals surface area contributed by atoms with E-state index in [1.54, 1.807) is 0 Å². The molecule has 98 valence electrons. The number of halogens is 2. The van der Waals surface area contributed by atoms with Crippen molar-refractivity contribution in [2.75, 3.05) is 11.4 Å². The molecule has 1 fully saturated rings. The predicted molar refractivity (Wildman–Crippen MR) is 66.6 cm³/mol. The summed E-state index contributed by atoms with van der Waals surface area (Å²) in [7, 11) is 0. The molecule has 0 saturated carbocycles. The van der Waals surface area contributed by atoms with Crippen LogP contribution in [0.4, 0.5) is 14.5 Å². The summed E-state index contributed by atoms with van der Waals surface area (Å²) in [6.45, 7) is 2.59. The van der Waals surface area contributed by atoms with E-state index < -0.39 is 11.6 Å². The van der Waals surface area contributed by atoms with Crippen molar-refractivity contribution in [3.05, 3.63) is 29.8 Å². The molecule has 1 aromatic rings. The van der Waals surface area contributed by atoms with Gasteiger partial charge in [-0.25, -0.2) is 8.78 Å². The molecule has 0 spiro atoms. The summed E-state index contributed by atoms with van der Waals surface area (Å²) in [5.74, 6) is -0.907. The average Bonchev–Trinajstić information content (AvgIpc) is 2.28. The van der Waals surface area contributed by atoms with Gasteiger partial charge in [0.15, 0.2) is 0 Å². The molecule has 2 nitrogen and oxygen atoms in total. The molecule has 4 heteroatoms. The highest BCUT2D eigenvalue weighted by molar-refractivity contribution is 5.81. The molecule has 1 heterocycles. The minimum absolute atomic E-state index is 0.0671. The Hall–Kier alpha value is -1.45. The number of piperidine rings is 1. The molecule has 0 aliphatic carbocycles. The Balaban J connectivity index is 2.25. The number of anilines is 1. The molecule has 0 bridgehead atoms. The van der Waals surface area contributed by atoms with Gasteiger partial charge in [-0.3, -0.25) is 4.79 Å². The van der Waals surface area contributed by atoms with Crippen LogP contribution in [0.2, 0.25) is 0 Å². The first-order valence-corrected chi connectivity index (χ1v) is 6.34. The van der Waals surface area contributed by atoms with Crippen LogP contribution in [-0.4, -0.2) is 18.4 Å². The first-order chi connectivity index (χ1) is 8.60. The molecule has 1 aromatic carbocycles. The summed E-state index contributed by atoms with van der Waals surface area (Å²) in [5.41, 5.74) is 0.540. The number of rotatable bonds is 3. The SMILES string of the molecule is CCCC1CC(=O)CCN1c1cc(F)cc(F)c1. The third kappa shape index (κ3) is 2.86. The second kappa shape index (κ2) is 5.46. The minimum Gasteiger partial charge on any atom is -0.367 e. The maximum absolute atomic E-state index is 13.2. The lowest BCUT2D eigenvalue weighted by molar-refractivity contribution is -0.120. The van der Waals surface area contributed by atoms with E-state index in [9.17, 15) is 13.6 Å². The van der Waals surface area contributed by atoms with Crippen molar-refractivity contribution in [2.45, 2.75) is 38.6 Å². The van der Waals surface area contributed by atoms with Crippen molar-refractivity contribution in [1.29, 1.82) is 0 Å². The lowest BCUT2D eigenvalue weighted by Gasteiger charge is -2.37. The Labute approximate surface area is 106 Å². The van der Waals surface area contributed by atoms with Gasteiger partial charge in [-0.15, -0.1) is 0 Å². The third-order valence-electron chi connectivity index (χ3n) is 3.34. The highest BCUT2D eigenvalue weighted by atomic mass is 19.1. The van der Waals surface area contributed by atoms with Crippen molar-refractivity contribution in [1.82, 2.24) is 0 Å². The summed E-state index contributed by atoms with van der Waals surface area (Å²) < 4.78 is 26.5. The quantitative estimate of drug-likeness (QED) is 0.823. The summed E-state index contributed by atoms with van der Waals surface area (Å²) in [4.78, 5) is 13.4. The standard InChI is InChI=1S/C14H17F2NO/c1-2-3-12-9-14(18)4-5-17(12)13-7-10(15)6-11(16)8-13/h6-8,12H,2-5,9H2,1H3. The van der Waals surface area contributed by atoms with Crippen LogP contribution in [0, 0.1) is 11.6 Å². The lowest BCUT2D eigenvalue weighted by atomic mass is 9.96. The molecule has 1 atom stereocenters. The Morgan fingerprint density at radius 3 is 2.56 bits per heavy atom. The van der Waals surface area contributed by atoms with Crippen molar-refractivity contribution in [3.8, 4) is 0 Å². The summed E-state index contributed by atoms with van der Waals surface area (Å²) in [6.07, 6.45) is 2.75. The van der Waals surface area contributed by atoms with Crippen LogP contribution in [0.5, 0.6) is 0 Å². The van der Waals surface area contributed by atoms with E-state index in [0.29, 0.717) is 25.1 Å². The van der Waals surface area contributed by atoms with Crippen molar-refractivity contribution >= 4 is 11.5 Å². The zero-order valence-corrected chi connectivity index (χ0v) is 10.5. The maximum Gasteiger partial charge on any atom is 0.136 e. The molecule has 1 saturated heterocycles. The summed E-state index contributed by atoms with van der Waals surface area (Å²) in [5, 5.41) is 0. The molecule has 0 aromatic heterocycles. The van der Waals surface area contributed by atoms with Gasteiger partial charge in [-0.2, -0.15) is 0 Å². The minimum atomic E-state index is -0.572. The monoisotopic (exact) mass is 253 g/mol. The maximum atomic E-state index is 13.2. The second-order valence-corrected chi connectivity index (χ2v) is 4.76. The van der Waals surface area contributed by atoms with Crippen LogP contribution >= 0.6 is 0 Å². The van der Waals surface area contributed by atoms with E-state index in [1.807, 2.05) is 11.8 Å². The zero-order chi connectivity index (χ0) is 13.1. The Bertz CT molecular complexity index is 427. The Kier molecular flexibility index (Phi) is 3.94. The van der Waals surface area contributed by atoms with Crippen molar-refractivity contribution < 1.29 is 13.6 Å². The fraction of sp³-hybridized carbons (Fsp3) is 0.500. The van der Waals surface area contributed by atoms with Gasteiger partial charge in [0, 0.05) is 37.2 Å². The van der Waals surface area contributed by atoms with Gasteiger partial charge in [0.2, 0.25) is 0 Å². The first kappa shape index (κ1) is 13.0. The Morgan fingerprint density at radius 1 is 1.28 bits per heavy atom. The topological polar surface area (TPSA) is 20.3 Å². The summed E-state index contributed by atoms with van der Waals surface area (Å²) in [6, 6.07) is 3.61. The van der Waals surface area contributed by atoms with Crippen LogP contribution < -0.4 is 4.90 Å². The highest BCUT2D eigenvalue weighted by Gasteiger charge is 2.27. The van der Waals surface area contributed by atoms with Gasteiger partial charge in [0.05, 0.1) is 0 Å². The van der Waals surface area contributed by atoms with Crippen LogP contribution in [0.25, 0.3) is 0 Å². The number of nitrogens with zero attached hydrogens (tertiary/aromatic N) is 1. The van der Waals surface area contributed by atoms with E-state index in [1.165, 1.54) is 12.1 Å². The number of hydrogen-bond donors (Lipinski definition) is 0. The number of benzene rings is 1. The number of carbonyl (C=O) groups is 1. The number of ketones is 1. The second-order valence-electron chi connectivity index (χ2n) is 4.76. The Morgan fingerprint density at radius 2 is 1.94 bits per heavy atom.